The molecular formula is C13H18BrNO3. The zero-order valence-corrected chi connectivity index (χ0v) is 11.9. The highest BCUT2D eigenvalue weighted by Crippen LogP contribution is 2.27. The van der Waals surface area contributed by atoms with Crippen LogP contribution in [-0.4, -0.2) is 17.1 Å². The van der Waals surface area contributed by atoms with E-state index in [2.05, 4.69) is 21.2 Å². The topological polar surface area (TPSA) is 62.5 Å². The Bertz CT molecular complexity index is 418. The number of aliphatic carboxylic acids is 1. The van der Waals surface area contributed by atoms with Gasteiger partial charge >= 0.3 is 5.97 Å². The molecule has 1 aromatic rings. The van der Waals surface area contributed by atoms with E-state index >= 15 is 0 Å². The summed E-state index contributed by atoms with van der Waals surface area (Å²) in [5.41, 5.74) is 0. The monoisotopic (exact) mass is 315 g/mol. The summed E-state index contributed by atoms with van der Waals surface area (Å²) in [5, 5.41) is 12.5. The molecule has 18 heavy (non-hydrogen) atoms. The third-order valence-electron chi connectivity index (χ3n) is 3.53. The van der Waals surface area contributed by atoms with Gasteiger partial charge in [0.25, 0.3) is 0 Å². The van der Waals surface area contributed by atoms with Gasteiger partial charge in [0.1, 0.15) is 5.76 Å². The molecule has 2 rings (SSSR count). The van der Waals surface area contributed by atoms with Crippen molar-refractivity contribution in [1.29, 1.82) is 0 Å². The second-order valence-electron chi connectivity index (χ2n) is 4.93. The molecule has 0 bridgehead atoms. The average molecular weight is 316 g/mol. The third kappa shape index (κ3) is 3.36. The number of halogens is 1. The van der Waals surface area contributed by atoms with Crippen LogP contribution < -0.4 is 5.32 Å². The van der Waals surface area contributed by atoms with Crippen LogP contribution in [0, 0.1) is 5.92 Å². The molecule has 100 valence electrons. The van der Waals surface area contributed by atoms with E-state index in [1.807, 2.05) is 19.1 Å². The summed E-state index contributed by atoms with van der Waals surface area (Å²) < 4.78 is 6.22. The molecule has 0 aromatic carbocycles. The van der Waals surface area contributed by atoms with Crippen LogP contribution in [-0.2, 0) is 4.79 Å². The lowest BCUT2D eigenvalue weighted by Crippen LogP contribution is -2.37. The Hall–Kier alpha value is -0.810. The maximum Gasteiger partial charge on any atom is 0.306 e. The van der Waals surface area contributed by atoms with E-state index in [4.69, 9.17) is 9.52 Å². The van der Waals surface area contributed by atoms with Gasteiger partial charge in [-0.05, 0) is 54.2 Å². The standard InChI is InChI=1S/C13H18BrNO3/c1-8(11-5-6-12(14)18-11)15-10-4-2-3-9(7-10)13(16)17/h5-6,8-10,15H,2-4,7H2,1H3,(H,16,17). The Labute approximate surface area is 115 Å². The minimum Gasteiger partial charge on any atom is -0.481 e. The Morgan fingerprint density at radius 2 is 2.33 bits per heavy atom. The lowest BCUT2D eigenvalue weighted by Gasteiger charge is -2.29. The summed E-state index contributed by atoms with van der Waals surface area (Å²) in [5.74, 6) is 0.000932. The van der Waals surface area contributed by atoms with E-state index in [0.717, 1.165) is 29.7 Å². The molecular weight excluding hydrogens is 298 g/mol. The molecule has 1 aliphatic carbocycles. The summed E-state index contributed by atoms with van der Waals surface area (Å²) in [6, 6.07) is 4.17. The summed E-state index contributed by atoms with van der Waals surface area (Å²) in [7, 11) is 0. The van der Waals surface area contributed by atoms with Gasteiger partial charge < -0.3 is 14.8 Å². The molecule has 3 atom stereocenters. The molecule has 1 fully saturated rings. The molecule has 1 aromatic heterocycles. The first kappa shape index (κ1) is 13.6. The summed E-state index contributed by atoms with van der Waals surface area (Å²) >= 11 is 3.28. The molecule has 0 spiro atoms. The number of furan rings is 1. The smallest absolute Gasteiger partial charge is 0.306 e. The van der Waals surface area contributed by atoms with E-state index in [1.165, 1.54) is 0 Å². The summed E-state index contributed by atoms with van der Waals surface area (Å²) in [6.07, 6.45) is 3.52. The van der Waals surface area contributed by atoms with Crippen LogP contribution in [0.2, 0.25) is 0 Å². The lowest BCUT2D eigenvalue weighted by atomic mass is 9.85. The van der Waals surface area contributed by atoms with Crippen LogP contribution >= 0.6 is 15.9 Å². The van der Waals surface area contributed by atoms with Gasteiger partial charge in [0.05, 0.1) is 12.0 Å². The van der Waals surface area contributed by atoms with E-state index in [-0.39, 0.29) is 18.0 Å². The number of rotatable bonds is 4. The zero-order chi connectivity index (χ0) is 13.1. The third-order valence-corrected chi connectivity index (χ3v) is 3.96. The molecule has 0 radical (unpaired) electrons. The van der Waals surface area contributed by atoms with Crippen molar-refractivity contribution in [2.45, 2.75) is 44.7 Å². The number of carboxylic acids is 1. The van der Waals surface area contributed by atoms with Crippen LogP contribution in [0.25, 0.3) is 0 Å². The van der Waals surface area contributed by atoms with Crippen LogP contribution in [0.1, 0.15) is 44.4 Å². The lowest BCUT2D eigenvalue weighted by molar-refractivity contribution is -0.143. The number of hydrogen-bond acceptors (Lipinski definition) is 3. The largest absolute Gasteiger partial charge is 0.481 e. The fourth-order valence-electron chi connectivity index (χ4n) is 2.56. The first-order valence-corrected chi connectivity index (χ1v) is 7.09. The van der Waals surface area contributed by atoms with Gasteiger partial charge in [0.15, 0.2) is 4.67 Å². The van der Waals surface area contributed by atoms with Crippen molar-refractivity contribution in [2.24, 2.45) is 5.92 Å². The van der Waals surface area contributed by atoms with Gasteiger partial charge in [-0.1, -0.05) is 6.42 Å². The van der Waals surface area contributed by atoms with Crippen molar-refractivity contribution in [3.8, 4) is 0 Å². The molecule has 1 heterocycles. The van der Waals surface area contributed by atoms with Crippen molar-refractivity contribution in [2.75, 3.05) is 0 Å². The molecule has 1 aliphatic rings. The first-order chi connectivity index (χ1) is 8.56. The maximum atomic E-state index is 11.0. The number of nitrogens with one attached hydrogen (secondary N) is 1. The summed E-state index contributed by atoms with van der Waals surface area (Å²) in [6.45, 7) is 2.04. The van der Waals surface area contributed by atoms with Crippen molar-refractivity contribution in [1.82, 2.24) is 5.32 Å². The van der Waals surface area contributed by atoms with E-state index in [0.29, 0.717) is 6.42 Å². The fraction of sp³-hybridized carbons (Fsp3) is 0.615. The van der Waals surface area contributed by atoms with Crippen molar-refractivity contribution in [3.05, 3.63) is 22.6 Å². The van der Waals surface area contributed by atoms with Crippen molar-refractivity contribution in [3.63, 3.8) is 0 Å². The molecule has 2 N–H and O–H groups in total. The summed E-state index contributed by atoms with van der Waals surface area (Å²) in [4.78, 5) is 11.0. The Balaban J connectivity index is 1.91. The van der Waals surface area contributed by atoms with Crippen LogP contribution in [0.3, 0.4) is 0 Å². The van der Waals surface area contributed by atoms with Gasteiger partial charge in [-0.2, -0.15) is 0 Å². The highest BCUT2D eigenvalue weighted by molar-refractivity contribution is 9.10. The van der Waals surface area contributed by atoms with E-state index < -0.39 is 5.97 Å². The number of carbonyl (C=O) groups is 1. The maximum absolute atomic E-state index is 11.0. The van der Waals surface area contributed by atoms with Crippen LogP contribution in [0.4, 0.5) is 0 Å². The van der Waals surface area contributed by atoms with Gasteiger partial charge in [0, 0.05) is 6.04 Å². The highest BCUT2D eigenvalue weighted by Gasteiger charge is 2.28. The van der Waals surface area contributed by atoms with Gasteiger partial charge in [-0.25, -0.2) is 0 Å². The minimum atomic E-state index is -0.671. The second kappa shape index (κ2) is 5.89. The van der Waals surface area contributed by atoms with Gasteiger partial charge in [0.2, 0.25) is 0 Å². The van der Waals surface area contributed by atoms with Crippen LogP contribution in [0.5, 0.6) is 0 Å². The van der Waals surface area contributed by atoms with E-state index in [1.54, 1.807) is 0 Å². The molecule has 1 saturated carbocycles. The van der Waals surface area contributed by atoms with Crippen molar-refractivity contribution < 1.29 is 14.3 Å². The second-order valence-corrected chi connectivity index (χ2v) is 5.71. The number of hydrogen-bond donors (Lipinski definition) is 2. The van der Waals surface area contributed by atoms with E-state index in [9.17, 15) is 4.79 Å². The minimum absolute atomic E-state index is 0.105. The normalized spacial score (nSPS) is 25.9. The molecule has 4 nitrogen and oxygen atoms in total. The quantitative estimate of drug-likeness (QED) is 0.894. The van der Waals surface area contributed by atoms with Crippen molar-refractivity contribution >= 4 is 21.9 Å². The average Bonchev–Trinajstić information content (AvgIpc) is 2.76. The SMILES string of the molecule is CC(NC1CCCC(C(=O)O)C1)c1ccc(Br)o1. The molecule has 3 unspecified atom stereocenters. The van der Waals surface area contributed by atoms with Crippen LogP contribution in [0.15, 0.2) is 21.2 Å². The Kier molecular flexibility index (Phi) is 4.45. The zero-order valence-electron chi connectivity index (χ0n) is 10.4. The molecule has 0 saturated heterocycles. The first-order valence-electron chi connectivity index (χ1n) is 6.30. The predicted molar refractivity (Wildman–Crippen MR) is 71.3 cm³/mol. The number of carboxylic acid groups (broad SMARTS) is 1. The predicted octanol–water partition coefficient (Wildman–Crippen LogP) is 3.34. The van der Waals surface area contributed by atoms with Gasteiger partial charge in [-0.15, -0.1) is 0 Å². The Morgan fingerprint density at radius 3 is 2.94 bits per heavy atom. The molecule has 0 amide bonds. The molecule has 5 heteroatoms. The highest BCUT2D eigenvalue weighted by atomic mass is 79.9. The fourth-order valence-corrected chi connectivity index (χ4v) is 2.88. The molecule has 0 aliphatic heterocycles. The Morgan fingerprint density at radius 1 is 1.56 bits per heavy atom. The van der Waals surface area contributed by atoms with Gasteiger partial charge in [-0.3, -0.25) is 4.79 Å².